The summed E-state index contributed by atoms with van der Waals surface area (Å²) in [6, 6.07) is 0. The Hall–Kier alpha value is -2.29. The first kappa shape index (κ1) is 51.7. The number of nitrogens with one attached hydrogen (secondary N) is 1. The lowest BCUT2D eigenvalue weighted by atomic mass is 10.1. The number of likely N-dealkylation sites (N-methyl/N-ethyl adjacent to an activating group) is 1. The van der Waals surface area contributed by atoms with Crippen LogP contribution in [0.5, 0.6) is 0 Å². The summed E-state index contributed by atoms with van der Waals surface area (Å²) in [5.74, 6) is -0.840. The molecule has 0 saturated carbocycles. The van der Waals surface area contributed by atoms with Gasteiger partial charge in [-0.3, -0.25) is 18.6 Å². The number of esters is 2. The highest BCUT2D eigenvalue weighted by Gasteiger charge is 2.26. The minimum Gasteiger partial charge on any atom is -0.462 e. The molecular formula is C44H78NO8P. The predicted molar refractivity (Wildman–Crippen MR) is 224 cm³/mol. The maximum absolute atomic E-state index is 12.6. The van der Waals surface area contributed by atoms with Gasteiger partial charge in [-0.15, -0.1) is 0 Å². The molecule has 0 bridgehead atoms. The molecule has 54 heavy (non-hydrogen) atoms. The van der Waals surface area contributed by atoms with E-state index < -0.39 is 26.5 Å². The van der Waals surface area contributed by atoms with Crippen LogP contribution < -0.4 is 5.32 Å². The quantitative estimate of drug-likeness (QED) is 0.0272. The van der Waals surface area contributed by atoms with Gasteiger partial charge in [-0.25, -0.2) is 4.57 Å². The Kier molecular flexibility index (Phi) is 38.7. The summed E-state index contributed by atoms with van der Waals surface area (Å²) >= 11 is 0. The minimum atomic E-state index is -4.36. The van der Waals surface area contributed by atoms with E-state index in [4.69, 9.17) is 18.5 Å². The van der Waals surface area contributed by atoms with Crippen LogP contribution in [0.2, 0.25) is 0 Å². The Bertz CT molecular complexity index is 1070. The van der Waals surface area contributed by atoms with Gasteiger partial charge >= 0.3 is 19.8 Å². The number of ether oxygens (including phenoxy) is 2. The number of allylic oxidation sites excluding steroid dienone is 10. The largest absolute Gasteiger partial charge is 0.472 e. The first-order chi connectivity index (χ1) is 26.3. The zero-order valence-corrected chi connectivity index (χ0v) is 35.3. The lowest BCUT2D eigenvalue weighted by molar-refractivity contribution is -0.161. The highest BCUT2D eigenvalue weighted by atomic mass is 31.2. The van der Waals surface area contributed by atoms with Gasteiger partial charge in [-0.05, 0) is 84.1 Å². The van der Waals surface area contributed by atoms with Crippen molar-refractivity contribution in [3.05, 3.63) is 60.8 Å². The number of hydrogen-bond donors (Lipinski definition) is 2. The topological polar surface area (TPSA) is 120 Å². The van der Waals surface area contributed by atoms with Crippen molar-refractivity contribution in [2.24, 2.45) is 0 Å². The fourth-order valence-corrected chi connectivity index (χ4v) is 6.17. The molecule has 0 rings (SSSR count). The first-order valence-corrected chi connectivity index (χ1v) is 22.7. The van der Waals surface area contributed by atoms with Crippen molar-refractivity contribution >= 4 is 19.8 Å². The molecule has 0 aliphatic rings. The second-order valence-electron chi connectivity index (χ2n) is 13.8. The lowest BCUT2D eigenvalue weighted by Crippen LogP contribution is -2.29. The molecule has 312 valence electrons. The third kappa shape index (κ3) is 39.4. The standard InChI is InChI=1S/C44H78NO8P/c1-4-6-8-10-12-14-16-18-20-21-23-24-26-28-30-32-34-36-43(46)50-40-42(41-52-54(48,49)51-39-38-45-3)53-44(47)37-35-33-31-29-27-25-22-19-17-15-13-11-9-7-5-2/h7,9,12-15,18-20,22,42,45H,4-6,8,10-11,16-17,21,23-41H2,1-3H3,(H,48,49)/b9-7-,14-12-,15-13-,20-18-,22-19-. The van der Waals surface area contributed by atoms with Gasteiger partial charge in [0.15, 0.2) is 6.10 Å². The van der Waals surface area contributed by atoms with Gasteiger partial charge in [0.25, 0.3) is 0 Å². The fourth-order valence-electron chi connectivity index (χ4n) is 5.42. The zero-order chi connectivity index (χ0) is 39.6. The van der Waals surface area contributed by atoms with Crippen molar-refractivity contribution in [1.82, 2.24) is 5.32 Å². The Morgan fingerprint density at radius 2 is 1.06 bits per heavy atom. The average molecular weight is 780 g/mol. The van der Waals surface area contributed by atoms with Crippen LogP contribution in [0, 0.1) is 0 Å². The molecule has 9 nitrogen and oxygen atoms in total. The summed E-state index contributed by atoms with van der Waals surface area (Å²) in [5.41, 5.74) is 0. The van der Waals surface area contributed by atoms with Gasteiger partial charge < -0.3 is 19.7 Å². The molecule has 0 aromatic rings. The maximum Gasteiger partial charge on any atom is 0.472 e. The van der Waals surface area contributed by atoms with Crippen LogP contribution in [0.3, 0.4) is 0 Å². The number of carbonyl (C=O) groups excluding carboxylic acids is 2. The van der Waals surface area contributed by atoms with Gasteiger partial charge in [0, 0.05) is 19.4 Å². The van der Waals surface area contributed by atoms with E-state index in [9.17, 15) is 19.0 Å². The molecule has 0 spiro atoms. The van der Waals surface area contributed by atoms with Crippen LogP contribution in [0.25, 0.3) is 0 Å². The molecule has 0 aromatic heterocycles. The predicted octanol–water partition coefficient (Wildman–Crippen LogP) is 12.0. The number of phosphoric acid groups is 1. The van der Waals surface area contributed by atoms with Gasteiger partial charge in [0.05, 0.1) is 13.2 Å². The van der Waals surface area contributed by atoms with Gasteiger partial charge in [-0.1, -0.05) is 139 Å². The summed E-state index contributed by atoms with van der Waals surface area (Å²) in [7, 11) is -2.66. The molecule has 2 unspecified atom stereocenters. The number of rotatable bonds is 39. The fraction of sp³-hybridized carbons (Fsp3) is 0.727. The highest BCUT2D eigenvalue weighted by Crippen LogP contribution is 2.43. The van der Waals surface area contributed by atoms with E-state index >= 15 is 0 Å². The van der Waals surface area contributed by atoms with Crippen LogP contribution in [-0.2, 0) is 32.7 Å². The van der Waals surface area contributed by atoms with Crippen molar-refractivity contribution in [2.45, 2.75) is 174 Å². The summed E-state index contributed by atoms with van der Waals surface area (Å²) < 4.78 is 33.1. The van der Waals surface area contributed by atoms with E-state index in [0.717, 1.165) is 89.9 Å². The Morgan fingerprint density at radius 3 is 1.57 bits per heavy atom. The number of hydrogen-bond acceptors (Lipinski definition) is 8. The van der Waals surface area contributed by atoms with Gasteiger partial charge in [-0.2, -0.15) is 0 Å². The van der Waals surface area contributed by atoms with E-state index in [1.54, 1.807) is 7.05 Å². The molecule has 0 heterocycles. The van der Waals surface area contributed by atoms with Crippen molar-refractivity contribution in [3.8, 4) is 0 Å². The maximum atomic E-state index is 12.6. The molecule has 2 atom stereocenters. The number of carbonyl (C=O) groups is 2. The molecule has 0 fully saturated rings. The summed E-state index contributed by atoms with van der Waals surface area (Å²) in [5, 5.41) is 2.82. The van der Waals surface area contributed by atoms with Gasteiger partial charge in [0.2, 0.25) is 0 Å². The smallest absolute Gasteiger partial charge is 0.462 e. The van der Waals surface area contributed by atoms with Crippen molar-refractivity contribution in [3.63, 3.8) is 0 Å². The van der Waals surface area contributed by atoms with E-state index in [1.165, 1.54) is 44.9 Å². The van der Waals surface area contributed by atoms with E-state index in [-0.39, 0.29) is 32.0 Å². The van der Waals surface area contributed by atoms with Crippen LogP contribution in [0.15, 0.2) is 60.8 Å². The third-order valence-corrected chi connectivity index (χ3v) is 9.61. The molecule has 0 aliphatic heterocycles. The number of phosphoric ester groups is 1. The Morgan fingerprint density at radius 1 is 0.593 bits per heavy atom. The molecule has 0 amide bonds. The molecule has 0 saturated heterocycles. The number of unbranched alkanes of at least 4 members (excludes halogenated alkanes) is 15. The summed E-state index contributed by atoms with van der Waals surface area (Å²) in [6.07, 6.45) is 45.4. The van der Waals surface area contributed by atoms with E-state index in [1.807, 2.05) is 0 Å². The molecule has 2 N–H and O–H groups in total. The van der Waals surface area contributed by atoms with Crippen molar-refractivity contribution < 1.29 is 37.6 Å². The lowest BCUT2D eigenvalue weighted by Gasteiger charge is -2.20. The second-order valence-corrected chi connectivity index (χ2v) is 15.2. The van der Waals surface area contributed by atoms with Crippen LogP contribution >= 0.6 is 7.82 Å². The second kappa shape index (κ2) is 40.4. The SMILES string of the molecule is CC/C=C\C/C=C\C/C=C\CCCCCCCC(=O)OC(COC(=O)CCCCCCCCC/C=C\C/C=C\CCCCC)COP(=O)(O)OCCNC. The first-order valence-electron chi connectivity index (χ1n) is 21.2. The van der Waals surface area contributed by atoms with Crippen LogP contribution in [0.1, 0.15) is 168 Å². The Balaban J connectivity index is 4.28. The van der Waals surface area contributed by atoms with E-state index in [0.29, 0.717) is 13.0 Å². The summed E-state index contributed by atoms with van der Waals surface area (Å²) in [6.45, 7) is 4.05. The van der Waals surface area contributed by atoms with Crippen molar-refractivity contribution in [1.29, 1.82) is 0 Å². The monoisotopic (exact) mass is 780 g/mol. The molecule has 0 aliphatic carbocycles. The normalized spacial score (nSPS) is 13.9. The third-order valence-electron chi connectivity index (χ3n) is 8.62. The minimum absolute atomic E-state index is 0.0245. The highest BCUT2D eigenvalue weighted by molar-refractivity contribution is 7.47. The molecule has 0 aromatic carbocycles. The van der Waals surface area contributed by atoms with E-state index in [2.05, 4.69) is 79.9 Å². The molecule has 0 radical (unpaired) electrons. The van der Waals surface area contributed by atoms with Gasteiger partial charge in [0.1, 0.15) is 6.61 Å². The zero-order valence-electron chi connectivity index (χ0n) is 34.4. The average Bonchev–Trinajstić information content (AvgIpc) is 3.15. The molecular weight excluding hydrogens is 701 g/mol. The van der Waals surface area contributed by atoms with Crippen LogP contribution in [-0.4, -0.2) is 56.3 Å². The summed E-state index contributed by atoms with van der Waals surface area (Å²) in [4.78, 5) is 35.0. The van der Waals surface area contributed by atoms with Crippen molar-refractivity contribution in [2.75, 3.05) is 33.4 Å². The molecule has 10 heteroatoms. The Labute approximate surface area is 330 Å². The van der Waals surface area contributed by atoms with Crippen LogP contribution in [0.4, 0.5) is 0 Å².